The predicted molar refractivity (Wildman–Crippen MR) is 109 cm³/mol. The van der Waals surface area contributed by atoms with Crippen LogP contribution in [-0.4, -0.2) is 31.7 Å². The number of hydrogen-bond acceptors (Lipinski definition) is 5. The van der Waals surface area contributed by atoms with Crippen molar-refractivity contribution in [1.82, 2.24) is 0 Å². The van der Waals surface area contributed by atoms with Crippen molar-refractivity contribution < 1.29 is 23.8 Å². The van der Waals surface area contributed by atoms with E-state index in [1.807, 2.05) is 13.8 Å². The zero-order chi connectivity index (χ0) is 20.7. The first-order valence-electron chi connectivity index (χ1n) is 8.36. The lowest BCUT2D eigenvalue weighted by Gasteiger charge is -2.12. The van der Waals surface area contributed by atoms with E-state index in [9.17, 15) is 9.59 Å². The highest BCUT2D eigenvalue weighted by molar-refractivity contribution is 6.42. The average Bonchev–Trinajstić information content (AvgIpc) is 2.64. The Bertz CT molecular complexity index is 850. The molecule has 0 saturated heterocycles. The topological polar surface area (TPSA) is 73.9 Å². The second kappa shape index (κ2) is 10.4. The van der Waals surface area contributed by atoms with E-state index in [-0.39, 0.29) is 21.3 Å². The van der Waals surface area contributed by atoms with Crippen LogP contribution in [0.4, 0.5) is 5.69 Å². The van der Waals surface area contributed by atoms with Gasteiger partial charge in [-0.05, 0) is 44.2 Å². The first kappa shape index (κ1) is 22.1. The number of esters is 1. The monoisotopic (exact) mass is 445 g/mol. The van der Waals surface area contributed by atoms with Crippen LogP contribution in [0.15, 0.2) is 30.3 Å². The predicted octanol–water partition coefficient (Wildman–Crippen LogP) is 5.24. The third-order valence-electron chi connectivity index (χ3n) is 3.38. The van der Waals surface area contributed by atoms with E-state index in [1.54, 1.807) is 6.07 Å². The summed E-state index contributed by atoms with van der Waals surface area (Å²) >= 11 is 17.8. The maximum absolute atomic E-state index is 12.2. The van der Waals surface area contributed by atoms with Crippen LogP contribution in [0.1, 0.15) is 24.2 Å². The third kappa shape index (κ3) is 5.92. The Kier molecular flexibility index (Phi) is 8.23. The molecule has 0 aliphatic heterocycles. The number of anilines is 1. The molecule has 6 nitrogen and oxygen atoms in total. The van der Waals surface area contributed by atoms with Gasteiger partial charge in [0.2, 0.25) is 0 Å². The largest absolute Gasteiger partial charge is 0.490 e. The molecule has 0 aromatic heterocycles. The maximum Gasteiger partial charge on any atom is 0.338 e. The molecule has 0 aliphatic rings. The van der Waals surface area contributed by atoms with E-state index in [1.165, 1.54) is 24.3 Å². The van der Waals surface area contributed by atoms with E-state index < -0.39 is 18.5 Å². The lowest BCUT2D eigenvalue weighted by atomic mass is 10.2. The summed E-state index contributed by atoms with van der Waals surface area (Å²) in [5.41, 5.74) is 0.413. The van der Waals surface area contributed by atoms with Gasteiger partial charge in [-0.2, -0.15) is 0 Å². The first-order chi connectivity index (χ1) is 13.3. The van der Waals surface area contributed by atoms with Gasteiger partial charge in [0, 0.05) is 5.02 Å². The Labute approximate surface area is 177 Å². The molecule has 0 atom stereocenters. The highest BCUT2D eigenvalue weighted by atomic mass is 35.5. The molecule has 0 fully saturated rings. The zero-order valence-corrected chi connectivity index (χ0v) is 17.5. The fourth-order valence-electron chi connectivity index (χ4n) is 2.23. The summed E-state index contributed by atoms with van der Waals surface area (Å²) in [7, 11) is 0. The smallest absolute Gasteiger partial charge is 0.338 e. The highest BCUT2D eigenvalue weighted by Gasteiger charge is 2.16. The molecule has 2 aromatic rings. The van der Waals surface area contributed by atoms with E-state index >= 15 is 0 Å². The molecule has 0 bridgehead atoms. The van der Waals surface area contributed by atoms with Crippen LogP contribution in [0.2, 0.25) is 15.1 Å². The van der Waals surface area contributed by atoms with E-state index in [2.05, 4.69) is 5.32 Å². The fraction of sp³-hybridized carbons (Fsp3) is 0.263. The minimum Gasteiger partial charge on any atom is -0.490 e. The summed E-state index contributed by atoms with van der Waals surface area (Å²) in [6, 6.07) is 7.51. The summed E-state index contributed by atoms with van der Waals surface area (Å²) in [6.07, 6.45) is 0. The van der Waals surface area contributed by atoms with Crippen LogP contribution in [0.3, 0.4) is 0 Å². The van der Waals surface area contributed by atoms with Crippen LogP contribution in [-0.2, 0) is 9.53 Å². The number of carbonyl (C=O) groups is 2. The quantitative estimate of drug-likeness (QED) is 0.561. The Morgan fingerprint density at radius 1 is 0.929 bits per heavy atom. The Balaban J connectivity index is 2.01. The first-order valence-corrected chi connectivity index (χ1v) is 9.50. The second-order valence-corrected chi connectivity index (χ2v) is 6.65. The van der Waals surface area contributed by atoms with Crippen molar-refractivity contribution in [2.24, 2.45) is 0 Å². The number of benzene rings is 2. The Hall–Kier alpha value is -2.15. The van der Waals surface area contributed by atoms with Gasteiger partial charge in [0.1, 0.15) is 0 Å². The molecule has 1 N–H and O–H groups in total. The van der Waals surface area contributed by atoms with Crippen molar-refractivity contribution in [3.8, 4) is 11.5 Å². The summed E-state index contributed by atoms with van der Waals surface area (Å²) < 4.78 is 16.0. The molecule has 150 valence electrons. The molecule has 0 spiro atoms. The van der Waals surface area contributed by atoms with Crippen molar-refractivity contribution in [1.29, 1.82) is 0 Å². The number of halogens is 3. The van der Waals surface area contributed by atoms with Crippen molar-refractivity contribution in [3.05, 3.63) is 51.0 Å². The average molecular weight is 447 g/mol. The van der Waals surface area contributed by atoms with Crippen molar-refractivity contribution in [2.75, 3.05) is 25.1 Å². The van der Waals surface area contributed by atoms with Gasteiger partial charge < -0.3 is 19.5 Å². The number of ether oxygens (including phenoxy) is 3. The minimum absolute atomic E-state index is 0.171. The number of hydrogen-bond donors (Lipinski definition) is 1. The summed E-state index contributed by atoms with van der Waals surface area (Å²) in [5.74, 6) is -0.350. The van der Waals surface area contributed by atoms with Gasteiger partial charge in [0.15, 0.2) is 18.1 Å². The van der Waals surface area contributed by atoms with Gasteiger partial charge in [-0.25, -0.2) is 4.79 Å². The normalized spacial score (nSPS) is 10.3. The molecule has 0 aliphatic carbocycles. The Morgan fingerprint density at radius 2 is 1.54 bits per heavy atom. The van der Waals surface area contributed by atoms with Crippen LogP contribution in [0.25, 0.3) is 0 Å². The number of nitrogens with one attached hydrogen (secondary N) is 1. The number of rotatable bonds is 8. The summed E-state index contributed by atoms with van der Waals surface area (Å²) in [6.45, 7) is 4.00. The van der Waals surface area contributed by atoms with Gasteiger partial charge in [-0.1, -0.05) is 34.8 Å². The van der Waals surface area contributed by atoms with E-state index in [0.717, 1.165) is 0 Å². The van der Waals surface area contributed by atoms with Crippen molar-refractivity contribution >= 4 is 52.4 Å². The Morgan fingerprint density at radius 3 is 2.14 bits per heavy atom. The number of amides is 1. The van der Waals surface area contributed by atoms with Crippen LogP contribution in [0, 0.1) is 0 Å². The van der Waals surface area contributed by atoms with Crippen LogP contribution in [0.5, 0.6) is 11.5 Å². The molecular formula is C19H18Cl3NO5. The molecule has 1 amide bonds. The van der Waals surface area contributed by atoms with Gasteiger partial charge in [-0.3, -0.25) is 4.79 Å². The molecule has 28 heavy (non-hydrogen) atoms. The summed E-state index contributed by atoms with van der Waals surface area (Å²) in [4.78, 5) is 24.3. The molecule has 9 heteroatoms. The van der Waals surface area contributed by atoms with Crippen LogP contribution < -0.4 is 14.8 Å². The lowest BCUT2D eigenvalue weighted by molar-refractivity contribution is -0.119. The molecule has 2 rings (SSSR count). The SMILES string of the molecule is CCOc1ccc(C(=O)OCC(=O)Nc2c(Cl)cc(Cl)cc2Cl)cc1OCC. The zero-order valence-electron chi connectivity index (χ0n) is 15.2. The van der Waals surface area contributed by atoms with E-state index in [0.29, 0.717) is 29.7 Å². The fourth-order valence-corrected chi connectivity index (χ4v) is 3.14. The molecule has 2 aromatic carbocycles. The van der Waals surface area contributed by atoms with Gasteiger partial charge in [0.25, 0.3) is 5.91 Å². The maximum atomic E-state index is 12.2. The minimum atomic E-state index is -0.688. The van der Waals surface area contributed by atoms with Crippen molar-refractivity contribution in [3.63, 3.8) is 0 Å². The molecule has 0 radical (unpaired) electrons. The van der Waals surface area contributed by atoms with Crippen LogP contribution >= 0.6 is 34.8 Å². The standard InChI is InChI=1S/C19H18Cl3NO5/c1-3-26-15-6-5-11(7-16(15)27-4-2)19(25)28-10-17(24)23-18-13(21)8-12(20)9-14(18)22/h5-9H,3-4,10H2,1-2H3,(H,23,24). The second-order valence-electron chi connectivity index (χ2n) is 5.40. The third-order valence-corrected chi connectivity index (χ3v) is 4.20. The highest BCUT2D eigenvalue weighted by Crippen LogP contribution is 2.33. The van der Waals surface area contributed by atoms with Gasteiger partial charge in [-0.15, -0.1) is 0 Å². The molecular weight excluding hydrogens is 429 g/mol. The van der Waals surface area contributed by atoms with Crippen molar-refractivity contribution in [2.45, 2.75) is 13.8 Å². The molecule has 0 unspecified atom stereocenters. The van der Waals surface area contributed by atoms with Gasteiger partial charge in [0.05, 0.1) is 34.5 Å². The molecule has 0 heterocycles. The summed E-state index contributed by atoms with van der Waals surface area (Å²) in [5, 5.41) is 3.16. The number of carbonyl (C=O) groups excluding carboxylic acids is 2. The van der Waals surface area contributed by atoms with Gasteiger partial charge >= 0.3 is 5.97 Å². The molecule has 0 saturated carbocycles. The van der Waals surface area contributed by atoms with E-state index in [4.69, 9.17) is 49.0 Å². The lowest BCUT2D eigenvalue weighted by Crippen LogP contribution is -2.21.